The summed E-state index contributed by atoms with van der Waals surface area (Å²) in [5.74, 6) is -0.820. The summed E-state index contributed by atoms with van der Waals surface area (Å²) in [5.41, 5.74) is 4.90. The van der Waals surface area contributed by atoms with Crippen molar-refractivity contribution in [3.05, 3.63) is 0 Å². The summed E-state index contributed by atoms with van der Waals surface area (Å²) in [6, 6.07) is -1.61. The first kappa shape index (κ1) is 2.82. The lowest BCUT2D eigenvalue weighted by atomic mass is 10.2. The van der Waals surface area contributed by atoms with Crippen LogP contribution in [0.2, 0.25) is 0 Å². The Balaban J connectivity index is 2.73. The summed E-state index contributed by atoms with van der Waals surface area (Å²) in [4.78, 5) is 10.6. The van der Waals surface area contributed by atoms with E-state index in [0.29, 0.717) is 0 Å². The lowest BCUT2D eigenvalue weighted by Gasteiger charge is -2.01. The van der Waals surface area contributed by atoms with Crippen molar-refractivity contribution < 1.29 is 8.91 Å². The maximum Gasteiger partial charge on any atom is 0.234 e. The van der Waals surface area contributed by atoms with Gasteiger partial charge in [0.1, 0.15) is 0 Å². The van der Waals surface area contributed by atoms with Crippen molar-refractivity contribution in [2.75, 3.05) is 6.50 Å². The van der Waals surface area contributed by atoms with E-state index in [0.717, 1.165) is 0 Å². The van der Waals surface area contributed by atoms with Crippen molar-refractivity contribution >= 4 is 5.91 Å². The topological polar surface area (TPSA) is 55.1 Å². The molecule has 1 fully saturated rings. The fraction of sp³-hybridized carbons (Fsp3) is 0.800. The third kappa shape index (κ3) is 0.980. The maximum atomic E-state index is 10.6. The Morgan fingerprint density at radius 1 is 2.12 bits per heavy atom. The summed E-state index contributed by atoms with van der Waals surface area (Å²) >= 11 is 0. The molecular weight excluding hydrogens is 104 g/mol. The van der Waals surface area contributed by atoms with Crippen LogP contribution in [0.3, 0.4) is 0 Å². The molecular formula is C5H10N2O. The van der Waals surface area contributed by atoms with Crippen LogP contribution in [0, 0.1) is 0 Å². The van der Waals surface area contributed by atoms with Crippen molar-refractivity contribution in [3.63, 3.8) is 0 Å². The van der Waals surface area contributed by atoms with E-state index in [-0.39, 0.29) is 12.8 Å². The van der Waals surface area contributed by atoms with Crippen molar-refractivity contribution in [3.8, 4) is 0 Å². The van der Waals surface area contributed by atoms with E-state index in [1.165, 1.54) is 0 Å². The minimum Gasteiger partial charge on any atom is -0.368 e. The molecule has 0 saturated carbocycles. The molecule has 3 nitrogen and oxygen atoms in total. The number of carbonyl (C=O) groups excluding carboxylic acids is 1. The van der Waals surface area contributed by atoms with Gasteiger partial charge >= 0.3 is 0 Å². The minimum absolute atomic E-state index is 0.134. The molecule has 3 N–H and O–H groups in total. The Bertz CT molecular complexity index is 196. The molecule has 0 radical (unpaired) electrons. The second-order valence-electron chi connectivity index (χ2n) is 1.64. The highest BCUT2D eigenvalue weighted by molar-refractivity contribution is 5.80. The Morgan fingerprint density at radius 3 is 3.12 bits per heavy atom. The van der Waals surface area contributed by atoms with E-state index < -0.39 is 18.4 Å². The summed E-state index contributed by atoms with van der Waals surface area (Å²) in [6.07, 6.45) is 0.286. The van der Waals surface area contributed by atoms with Gasteiger partial charge in [-0.1, -0.05) is 0 Å². The van der Waals surface area contributed by atoms with Gasteiger partial charge in [0.2, 0.25) is 5.91 Å². The predicted molar refractivity (Wildman–Crippen MR) is 30.2 cm³/mol. The smallest absolute Gasteiger partial charge is 0.234 e. The van der Waals surface area contributed by atoms with Crippen molar-refractivity contribution in [1.29, 1.82) is 0 Å². The summed E-state index contributed by atoms with van der Waals surface area (Å²) in [6.45, 7) is -1.63. The number of amides is 1. The minimum atomic E-state index is -1.63. The van der Waals surface area contributed by atoms with Crippen LogP contribution in [0.5, 0.6) is 0 Å². The van der Waals surface area contributed by atoms with Gasteiger partial charge in [-0.05, 0) is 19.3 Å². The molecule has 1 aliphatic heterocycles. The molecule has 1 aliphatic rings. The van der Waals surface area contributed by atoms with E-state index in [4.69, 9.17) is 9.85 Å². The van der Waals surface area contributed by atoms with E-state index >= 15 is 0 Å². The van der Waals surface area contributed by atoms with Gasteiger partial charge in [0, 0.05) is 2.74 Å². The molecule has 0 unspecified atom stereocenters. The maximum absolute atomic E-state index is 10.6. The average molecular weight is 117 g/mol. The lowest BCUT2D eigenvalue weighted by molar-refractivity contribution is -0.119. The van der Waals surface area contributed by atoms with Crippen LogP contribution in [0.1, 0.15) is 17.0 Å². The average Bonchev–Trinajstić information content (AvgIpc) is 2.08. The first-order valence-electron chi connectivity index (χ1n) is 3.95. The number of primary amides is 1. The Hall–Kier alpha value is -0.570. The Kier molecular flexibility index (Phi) is 0.753. The second kappa shape index (κ2) is 2.13. The summed E-state index contributed by atoms with van der Waals surface area (Å²) in [7, 11) is 0. The van der Waals surface area contributed by atoms with Gasteiger partial charge in [-0.2, -0.15) is 0 Å². The fourth-order valence-corrected chi connectivity index (χ4v) is 0.604. The number of rotatable bonds is 1. The molecule has 1 rings (SSSR count). The van der Waals surface area contributed by atoms with Crippen LogP contribution in [0.25, 0.3) is 0 Å². The van der Waals surface area contributed by atoms with Gasteiger partial charge < -0.3 is 11.1 Å². The fourth-order valence-electron chi connectivity index (χ4n) is 0.604. The van der Waals surface area contributed by atoms with Gasteiger partial charge in [-0.15, -0.1) is 0 Å². The van der Waals surface area contributed by atoms with E-state index in [9.17, 15) is 4.79 Å². The van der Waals surface area contributed by atoms with E-state index in [1.807, 2.05) is 0 Å². The molecule has 1 saturated heterocycles. The second-order valence-corrected chi connectivity index (χ2v) is 1.64. The number of hydrogen-bond donors (Lipinski definition) is 2. The van der Waals surface area contributed by atoms with Crippen LogP contribution in [-0.2, 0) is 4.79 Å². The molecule has 0 aromatic heterocycles. The monoisotopic (exact) mass is 117 g/mol. The molecule has 1 heterocycles. The standard InChI is InChI=1S/C5H10N2O/c6-5(8)4-2-1-3-7-4/h4,7H,1-3H2,(H2,6,8)/t4-/m0/s1/i3D2,4D. The lowest BCUT2D eigenvalue weighted by Crippen LogP contribution is -2.36. The van der Waals surface area contributed by atoms with Crippen LogP contribution >= 0.6 is 0 Å². The van der Waals surface area contributed by atoms with Crippen molar-refractivity contribution in [2.24, 2.45) is 5.73 Å². The molecule has 0 bridgehead atoms. The number of nitrogens with two attached hydrogens (primary N) is 1. The molecule has 1 atom stereocenters. The van der Waals surface area contributed by atoms with Crippen LogP contribution in [-0.4, -0.2) is 18.4 Å². The first-order chi connectivity index (χ1) is 4.86. The predicted octanol–water partition coefficient (Wildman–Crippen LogP) is -0.776. The molecule has 8 heavy (non-hydrogen) atoms. The van der Waals surface area contributed by atoms with E-state index in [1.54, 1.807) is 0 Å². The zero-order chi connectivity index (χ0) is 8.70. The highest BCUT2D eigenvalue weighted by Crippen LogP contribution is 2.02. The SMILES string of the molecule is [2H]C1([2H])CC[C@@]([2H])(C(N)=O)N1. The number of nitrogens with one attached hydrogen (secondary N) is 1. The molecule has 0 aromatic carbocycles. The third-order valence-electron chi connectivity index (χ3n) is 1.04. The Labute approximate surface area is 52.5 Å². The zero-order valence-corrected chi connectivity index (χ0v) is 4.40. The molecule has 0 aromatic rings. The quantitative estimate of drug-likeness (QED) is 0.473. The highest BCUT2D eigenvalue weighted by atomic mass is 16.1. The zero-order valence-electron chi connectivity index (χ0n) is 7.40. The highest BCUT2D eigenvalue weighted by Gasteiger charge is 2.18. The van der Waals surface area contributed by atoms with Gasteiger partial charge in [0.25, 0.3) is 0 Å². The first-order valence-corrected chi connectivity index (χ1v) is 2.45. The van der Waals surface area contributed by atoms with Crippen LogP contribution in [0.4, 0.5) is 0 Å². The molecule has 0 aliphatic carbocycles. The van der Waals surface area contributed by atoms with Gasteiger partial charge in [-0.25, -0.2) is 0 Å². The Morgan fingerprint density at radius 2 is 2.88 bits per heavy atom. The van der Waals surface area contributed by atoms with Crippen LogP contribution in [0.15, 0.2) is 0 Å². The number of hydrogen-bond acceptors (Lipinski definition) is 2. The van der Waals surface area contributed by atoms with E-state index in [2.05, 4.69) is 5.32 Å². The van der Waals surface area contributed by atoms with Crippen molar-refractivity contribution in [2.45, 2.75) is 18.9 Å². The van der Waals surface area contributed by atoms with Gasteiger partial charge in [-0.3, -0.25) is 4.79 Å². The van der Waals surface area contributed by atoms with Crippen LogP contribution < -0.4 is 11.1 Å². The largest absolute Gasteiger partial charge is 0.368 e. The van der Waals surface area contributed by atoms with Crippen molar-refractivity contribution in [1.82, 2.24) is 5.32 Å². The third-order valence-corrected chi connectivity index (χ3v) is 1.04. The van der Waals surface area contributed by atoms with Gasteiger partial charge in [0.05, 0.1) is 7.39 Å². The molecule has 0 spiro atoms. The van der Waals surface area contributed by atoms with Gasteiger partial charge in [0.15, 0.2) is 0 Å². The summed E-state index contributed by atoms with van der Waals surface area (Å²) < 4.78 is 21.7. The molecule has 46 valence electrons. The molecule has 1 amide bonds. The number of carbonyl (C=O) groups is 1. The summed E-state index contributed by atoms with van der Waals surface area (Å²) in [5, 5.41) is 2.23. The normalized spacial score (nSPS) is 49.2. The molecule has 3 heteroatoms.